The number of aryl methyl sites for hydroxylation is 2. The van der Waals surface area contributed by atoms with Crippen LogP contribution in [0.5, 0.6) is 5.75 Å². The van der Waals surface area contributed by atoms with Crippen LogP contribution in [-0.4, -0.2) is 33.5 Å². The SMILES string of the molecule is COc1ccc2[nH]c(CN3CCc4c(nc(C)[nH]c4=O)C3)c(C)c2c1. The number of aromatic amines is 2. The van der Waals surface area contributed by atoms with Gasteiger partial charge in [-0.3, -0.25) is 9.69 Å². The molecule has 0 amide bonds. The summed E-state index contributed by atoms with van der Waals surface area (Å²) in [6.07, 6.45) is 0.741. The summed E-state index contributed by atoms with van der Waals surface area (Å²) in [6.45, 7) is 6.35. The standard InChI is InChI=1S/C19H22N4O2/c1-11-15-8-13(25-3)4-5-16(15)22-17(11)9-23-7-6-14-18(10-23)20-12(2)21-19(14)24/h4-5,8,22H,6-7,9-10H2,1-3H3,(H,20,21,24). The molecule has 6 nitrogen and oxygen atoms in total. The molecule has 1 aliphatic rings. The van der Waals surface area contributed by atoms with Crippen molar-refractivity contribution in [3.8, 4) is 5.75 Å². The highest BCUT2D eigenvalue weighted by Crippen LogP contribution is 2.27. The molecule has 0 fully saturated rings. The molecule has 3 aromatic rings. The first-order chi connectivity index (χ1) is 12.0. The molecule has 0 bridgehead atoms. The fraction of sp³-hybridized carbons (Fsp3) is 0.368. The van der Waals surface area contributed by atoms with Crippen LogP contribution in [0.3, 0.4) is 0 Å². The van der Waals surface area contributed by atoms with Crippen molar-refractivity contribution in [1.82, 2.24) is 19.9 Å². The molecule has 0 saturated heterocycles. The van der Waals surface area contributed by atoms with Gasteiger partial charge >= 0.3 is 0 Å². The van der Waals surface area contributed by atoms with Crippen molar-refractivity contribution in [2.45, 2.75) is 33.4 Å². The van der Waals surface area contributed by atoms with E-state index in [1.165, 1.54) is 16.6 Å². The van der Waals surface area contributed by atoms with Crippen molar-refractivity contribution in [2.75, 3.05) is 13.7 Å². The maximum atomic E-state index is 12.0. The predicted molar refractivity (Wildman–Crippen MR) is 97.0 cm³/mol. The van der Waals surface area contributed by atoms with E-state index in [0.717, 1.165) is 42.0 Å². The van der Waals surface area contributed by atoms with Gasteiger partial charge in [0, 0.05) is 41.8 Å². The summed E-state index contributed by atoms with van der Waals surface area (Å²) in [4.78, 5) is 25.2. The Morgan fingerprint density at radius 3 is 2.92 bits per heavy atom. The Labute approximate surface area is 145 Å². The van der Waals surface area contributed by atoms with Crippen LogP contribution < -0.4 is 10.3 Å². The zero-order valence-corrected chi connectivity index (χ0v) is 14.8. The Morgan fingerprint density at radius 2 is 2.12 bits per heavy atom. The maximum Gasteiger partial charge on any atom is 0.254 e. The minimum atomic E-state index is 0.0102. The van der Waals surface area contributed by atoms with Crippen LogP contribution in [0, 0.1) is 13.8 Å². The quantitative estimate of drug-likeness (QED) is 0.769. The molecule has 0 radical (unpaired) electrons. The first-order valence-corrected chi connectivity index (χ1v) is 8.51. The van der Waals surface area contributed by atoms with E-state index in [4.69, 9.17) is 4.74 Å². The fourth-order valence-corrected chi connectivity index (χ4v) is 3.62. The van der Waals surface area contributed by atoms with Gasteiger partial charge < -0.3 is 14.7 Å². The number of aromatic nitrogens is 3. The summed E-state index contributed by atoms with van der Waals surface area (Å²) >= 11 is 0. The molecule has 2 aromatic heterocycles. The zero-order valence-electron chi connectivity index (χ0n) is 14.8. The van der Waals surface area contributed by atoms with Gasteiger partial charge in [-0.15, -0.1) is 0 Å². The third-order valence-electron chi connectivity index (χ3n) is 5.02. The number of ether oxygens (including phenoxy) is 1. The van der Waals surface area contributed by atoms with E-state index in [1.807, 2.05) is 13.0 Å². The molecule has 1 aromatic carbocycles. The molecule has 0 unspecified atom stereocenters. The third-order valence-corrected chi connectivity index (χ3v) is 5.02. The Balaban J connectivity index is 1.62. The highest BCUT2D eigenvalue weighted by molar-refractivity contribution is 5.85. The van der Waals surface area contributed by atoms with E-state index in [0.29, 0.717) is 12.4 Å². The highest BCUT2D eigenvalue weighted by atomic mass is 16.5. The number of nitrogens with one attached hydrogen (secondary N) is 2. The molecule has 6 heteroatoms. The smallest absolute Gasteiger partial charge is 0.254 e. The number of nitrogens with zero attached hydrogens (tertiary/aromatic N) is 2. The van der Waals surface area contributed by atoms with Crippen LogP contribution in [-0.2, 0) is 19.5 Å². The topological polar surface area (TPSA) is 74.0 Å². The molecule has 3 heterocycles. The summed E-state index contributed by atoms with van der Waals surface area (Å²) in [6, 6.07) is 6.10. The van der Waals surface area contributed by atoms with E-state index >= 15 is 0 Å². The first kappa shape index (κ1) is 15.9. The lowest BCUT2D eigenvalue weighted by atomic mass is 10.1. The van der Waals surface area contributed by atoms with Crippen molar-refractivity contribution in [3.05, 3.63) is 56.9 Å². The second kappa shape index (κ2) is 6.04. The van der Waals surface area contributed by atoms with Gasteiger partial charge in [0.25, 0.3) is 5.56 Å². The number of H-pyrrole nitrogens is 2. The van der Waals surface area contributed by atoms with Crippen molar-refractivity contribution in [3.63, 3.8) is 0 Å². The summed E-state index contributed by atoms with van der Waals surface area (Å²) in [5.74, 6) is 1.55. The lowest BCUT2D eigenvalue weighted by Gasteiger charge is -2.27. The molecule has 4 rings (SSSR count). The second-order valence-corrected chi connectivity index (χ2v) is 6.68. The molecule has 0 spiro atoms. The summed E-state index contributed by atoms with van der Waals surface area (Å²) in [5, 5.41) is 1.19. The molecular weight excluding hydrogens is 316 g/mol. The van der Waals surface area contributed by atoms with Gasteiger partial charge in [0.2, 0.25) is 0 Å². The van der Waals surface area contributed by atoms with Crippen LogP contribution in [0.1, 0.15) is 28.3 Å². The summed E-state index contributed by atoms with van der Waals surface area (Å²) in [7, 11) is 1.69. The number of fused-ring (bicyclic) bond motifs is 2. The van der Waals surface area contributed by atoms with E-state index in [9.17, 15) is 4.79 Å². The fourth-order valence-electron chi connectivity index (χ4n) is 3.62. The van der Waals surface area contributed by atoms with Gasteiger partial charge in [0.1, 0.15) is 11.6 Å². The molecule has 130 valence electrons. The average molecular weight is 338 g/mol. The second-order valence-electron chi connectivity index (χ2n) is 6.68. The number of benzene rings is 1. The number of rotatable bonds is 3. The summed E-state index contributed by atoms with van der Waals surface area (Å²) in [5.41, 5.74) is 5.32. The largest absolute Gasteiger partial charge is 0.497 e. The average Bonchev–Trinajstić information content (AvgIpc) is 2.89. The molecule has 1 aliphatic heterocycles. The number of hydrogen-bond donors (Lipinski definition) is 2. The van der Waals surface area contributed by atoms with Crippen LogP contribution in [0.4, 0.5) is 0 Å². The molecular formula is C19H22N4O2. The third kappa shape index (κ3) is 2.82. The van der Waals surface area contributed by atoms with Gasteiger partial charge in [0.15, 0.2) is 0 Å². The molecule has 25 heavy (non-hydrogen) atoms. The maximum absolute atomic E-state index is 12.0. The zero-order chi connectivity index (χ0) is 17.6. The predicted octanol–water partition coefficient (Wildman–Crippen LogP) is 2.43. The van der Waals surface area contributed by atoms with E-state index in [2.05, 4.69) is 38.9 Å². The molecule has 2 N–H and O–H groups in total. The van der Waals surface area contributed by atoms with Gasteiger partial charge in [-0.05, 0) is 44.0 Å². The molecule has 0 atom stereocenters. The summed E-state index contributed by atoms with van der Waals surface area (Å²) < 4.78 is 5.33. The Morgan fingerprint density at radius 1 is 1.28 bits per heavy atom. The Kier molecular flexibility index (Phi) is 3.84. The molecule has 0 saturated carbocycles. The van der Waals surface area contributed by atoms with Crippen molar-refractivity contribution in [2.24, 2.45) is 0 Å². The van der Waals surface area contributed by atoms with Crippen LogP contribution in [0.25, 0.3) is 10.9 Å². The van der Waals surface area contributed by atoms with Crippen molar-refractivity contribution < 1.29 is 4.74 Å². The van der Waals surface area contributed by atoms with Gasteiger partial charge in [-0.25, -0.2) is 4.98 Å². The van der Waals surface area contributed by atoms with Crippen molar-refractivity contribution in [1.29, 1.82) is 0 Å². The minimum Gasteiger partial charge on any atom is -0.497 e. The van der Waals surface area contributed by atoms with Gasteiger partial charge in [-0.2, -0.15) is 0 Å². The van der Waals surface area contributed by atoms with Crippen molar-refractivity contribution >= 4 is 10.9 Å². The first-order valence-electron chi connectivity index (χ1n) is 8.51. The van der Waals surface area contributed by atoms with Crippen LogP contribution >= 0.6 is 0 Å². The van der Waals surface area contributed by atoms with Crippen LogP contribution in [0.15, 0.2) is 23.0 Å². The monoisotopic (exact) mass is 338 g/mol. The minimum absolute atomic E-state index is 0.0102. The Bertz CT molecular complexity index is 1000. The number of methoxy groups -OCH3 is 1. The lowest BCUT2D eigenvalue weighted by molar-refractivity contribution is 0.237. The highest BCUT2D eigenvalue weighted by Gasteiger charge is 2.22. The lowest BCUT2D eigenvalue weighted by Crippen LogP contribution is -2.35. The Hall–Kier alpha value is -2.60. The van der Waals surface area contributed by atoms with Gasteiger partial charge in [-0.1, -0.05) is 0 Å². The van der Waals surface area contributed by atoms with E-state index in [-0.39, 0.29) is 5.56 Å². The normalized spacial score (nSPS) is 14.7. The van der Waals surface area contributed by atoms with Crippen LogP contribution in [0.2, 0.25) is 0 Å². The van der Waals surface area contributed by atoms with E-state index < -0.39 is 0 Å². The number of hydrogen-bond acceptors (Lipinski definition) is 4. The van der Waals surface area contributed by atoms with E-state index in [1.54, 1.807) is 7.11 Å². The molecule has 0 aliphatic carbocycles. The van der Waals surface area contributed by atoms with Gasteiger partial charge in [0.05, 0.1) is 12.8 Å².